The predicted molar refractivity (Wildman–Crippen MR) is 102 cm³/mol. The van der Waals surface area contributed by atoms with Crippen LogP contribution >= 0.6 is 51.4 Å². The second-order valence-corrected chi connectivity index (χ2v) is 7.18. The van der Waals surface area contributed by atoms with Crippen molar-refractivity contribution in [2.75, 3.05) is 17.3 Å². The van der Waals surface area contributed by atoms with Crippen molar-refractivity contribution < 1.29 is 4.79 Å². The number of hydrogen-bond acceptors (Lipinski definition) is 5. The smallest absolute Gasteiger partial charge is 0.243 e. The van der Waals surface area contributed by atoms with Gasteiger partial charge in [-0.2, -0.15) is 11.8 Å². The summed E-state index contributed by atoms with van der Waals surface area (Å²) in [5.74, 6) is 0.689. The first-order valence-electron chi connectivity index (χ1n) is 6.37. The van der Waals surface area contributed by atoms with Crippen LogP contribution in [-0.2, 0) is 4.79 Å². The average molecular weight is 423 g/mol. The van der Waals surface area contributed by atoms with E-state index in [1.807, 2.05) is 35.9 Å². The fourth-order valence-electron chi connectivity index (χ4n) is 1.69. The molecular weight excluding hydrogens is 406 g/mol. The van der Waals surface area contributed by atoms with E-state index in [4.69, 9.17) is 5.73 Å². The number of nitrogens with two attached hydrogens (primary N) is 1. The van der Waals surface area contributed by atoms with Crippen LogP contribution in [0.15, 0.2) is 34.1 Å². The number of nitrogens with one attached hydrogen (secondary N) is 1. The maximum absolute atomic E-state index is 11.9. The molecule has 0 saturated heterocycles. The highest BCUT2D eigenvalue weighted by Gasteiger charge is 2.15. The van der Waals surface area contributed by atoms with E-state index in [2.05, 4.69) is 26.2 Å². The van der Waals surface area contributed by atoms with E-state index >= 15 is 0 Å². The van der Waals surface area contributed by atoms with Crippen LogP contribution in [0.5, 0.6) is 0 Å². The summed E-state index contributed by atoms with van der Waals surface area (Å²) in [5.41, 5.74) is 7.68. The van der Waals surface area contributed by atoms with Crippen molar-refractivity contribution in [2.45, 2.75) is 12.5 Å². The van der Waals surface area contributed by atoms with E-state index in [1.165, 1.54) is 11.3 Å². The maximum Gasteiger partial charge on any atom is 0.243 e. The van der Waals surface area contributed by atoms with Gasteiger partial charge in [-0.3, -0.25) is 4.79 Å². The largest absolute Gasteiger partial charge is 0.320 e. The zero-order valence-corrected chi connectivity index (χ0v) is 15.9. The van der Waals surface area contributed by atoms with Gasteiger partial charge in [0.25, 0.3) is 0 Å². The molecule has 1 amide bonds. The van der Waals surface area contributed by atoms with Gasteiger partial charge in [0, 0.05) is 15.4 Å². The van der Waals surface area contributed by atoms with E-state index in [9.17, 15) is 4.79 Å². The molecule has 2 rings (SSSR count). The number of thioether (sulfide) groups is 1. The molecule has 120 valence electrons. The number of anilines is 1. The Hall–Kier alpha value is -0.600. The molecule has 1 aromatic carbocycles. The van der Waals surface area contributed by atoms with Crippen LogP contribution < -0.4 is 11.1 Å². The molecule has 0 saturated carbocycles. The Morgan fingerprint density at radius 2 is 2.32 bits per heavy atom. The minimum absolute atomic E-state index is 0. The summed E-state index contributed by atoms with van der Waals surface area (Å²) in [4.78, 5) is 16.4. The monoisotopic (exact) mass is 421 g/mol. The van der Waals surface area contributed by atoms with E-state index in [0.717, 1.165) is 21.5 Å². The molecule has 0 radical (unpaired) electrons. The quantitative estimate of drug-likeness (QED) is 0.738. The highest BCUT2D eigenvalue weighted by molar-refractivity contribution is 9.10. The average Bonchev–Trinajstić information content (AvgIpc) is 2.93. The highest BCUT2D eigenvalue weighted by atomic mass is 79.9. The predicted octanol–water partition coefficient (Wildman–Crippen LogP) is 4.01. The van der Waals surface area contributed by atoms with Crippen molar-refractivity contribution in [3.05, 3.63) is 34.1 Å². The zero-order valence-electron chi connectivity index (χ0n) is 11.9. The van der Waals surface area contributed by atoms with Crippen LogP contribution in [0.4, 0.5) is 5.13 Å². The van der Waals surface area contributed by atoms with Crippen molar-refractivity contribution in [3.8, 4) is 11.3 Å². The third-order valence-electron chi connectivity index (χ3n) is 2.82. The van der Waals surface area contributed by atoms with Gasteiger partial charge in [-0.15, -0.1) is 23.7 Å². The van der Waals surface area contributed by atoms with E-state index in [1.54, 1.807) is 11.8 Å². The molecule has 0 fully saturated rings. The molecule has 2 aromatic rings. The lowest BCUT2D eigenvalue weighted by Gasteiger charge is -2.09. The number of rotatable bonds is 6. The van der Waals surface area contributed by atoms with Crippen LogP contribution in [0.1, 0.15) is 6.42 Å². The first kappa shape index (κ1) is 19.4. The number of carbonyl (C=O) groups excluding carboxylic acids is 1. The normalized spacial score (nSPS) is 11.6. The number of thiazole rings is 1. The third-order valence-corrected chi connectivity index (χ3v) is 4.72. The van der Waals surface area contributed by atoms with Gasteiger partial charge in [0.2, 0.25) is 5.91 Å². The number of aromatic nitrogens is 1. The minimum Gasteiger partial charge on any atom is -0.320 e. The summed E-state index contributed by atoms with van der Waals surface area (Å²) < 4.78 is 0.998. The highest BCUT2D eigenvalue weighted by Crippen LogP contribution is 2.26. The molecule has 0 bridgehead atoms. The summed E-state index contributed by atoms with van der Waals surface area (Å²) in [5, 5.41) is 5.28. The summed E-state index contributed by atoms with van der Waals surface area (Å²) in [6, 6.07) is 7.40. The summed E-state index contributed by atoms with van der Waals surface area (Å²) in [6.45, 7) is 0. The summed E-state index contributed by atoms with van der Waals surface area (Å²) in [7, 11) is 0. The molecule has 0 aliphatic carbocycles. The standard InChI is InChI=1S/C14H16BrN3OS2.ClH/c1-20-6-5-11(16)13(19)18-14-17-12(8-21-14)9-3-2-4-10(15)7-9;/h2-4,7-8,11H,5-6,16H2,1H3,(H,17,18,19);1H/t11-;/m0./s1. The van der Waals surface area contributed by atoms with Gasteiger partial charge in [0.1, 0.15) is 0 Å². The number of benzene rings is 1. The molecule has 0 spiro atoms. The summed E-state index contributed by atoms with van der Waals surface area (Å²) >= 11 is 6.52. The van der Waals surface area contributed by atoms with Crippen LogP contribution in [0.25, 0.3) is 11.3 Å². The molecule has 22 heavy (non-hydrogen) atoms. The molecule has 1 aromatic heterocycles. The number of hydrogen-bond donors (Lipinski definition) is 2. The Morgan fingerprint density at radius 3 is 3.00 bits per heavy atom. The number of carbonyl (C=O) groups is 1. The Bertz CT molecular complexity index is 624. The molecule has 0 unspecified atom stereocenters. The van der Waals surface area contributed by atoms with Gasteiger partial charge < -0.3 is 11.1 Å². The minimum atomic E-state index is -0.490. The lowest BCUT2D eigenvalue weighted by atomic mass is 10.2. The maximum atomic E-state index is 11.9. The third kappa shape index (κ3) is 5.55. The molecule has 0 aliphatic rings. The Kier molecular flexibility index (Phi) is 8.41. The zero-order chi connectivity index (χ0) is 15.2. The van der Waals surface area contributed by atoms with Crippen LogP contribution in [0, 0.1) is 0 Å². The van der Waals surface area contributed by atoms with Gasteiger partial charge in [-0.05, 0) is 30.6 Å². The Balaban J connectivity index is 0.00000242. The van der Waals surface area contributed by atoms with Crippen LogP contribution in [-0.4, -0.2) is 28.9 Å². The lowest BCUT2D eigenvalue weighted by Crippen LogP contribution is -2.36. The second kappa shape index (κ2) is 9.52. The molecule has 3 N–H and O–H groups in total. The van der Waals surface area contributed by atoms with Gasteiger partial charge in [0.05, 0.1) is 11.7 Å². The SMILES string of the molecule is CSCC[C@H](N)C(=O)Nc1nc(-c2cccc(Br)c2)cs1.Cl. The van der Waals surface area contributed by atoms with Crippen LogP contribution in [0.3, 0.4) is 0 Å². The van der Waals surface area contributed by atoms with Crippen molar-refractivity contribution in [2.24, 2.45) is 5.73 Å². The molecule has 0 aliphatic heterocycles. The first-order chi connectivity index (χ1) is 10.1. The second-order valence-electron chi connectivity index (χ2n) is 4.43. The number of nitrogens with zero attached hydrogens (tertiary/aromatic N) is 1. The van der Waals surface area contributed by atoms with Crippen molar-refractivity contribution in [1.82, 2.24) is 4.98 Å². The molecular formula is C14H17BrClN3OS2. The molecule has 8 heteroatoms. The van der Waals surface area contributed by atoms with E-state index in [0.29, 0.717) is 11.6 Å². The number of halogens is 2. The molecule has 1 heterocycles. The first-order valence-corrected chi connectivity index (χ1v) is 9.43. The van der Waals surface area contributed by atoms with Gasteiger partial charge in [0.15, 0.2) is 5.13 Å². The molecule has 4 nitrogen and oxygen atoms in total. The number of amides is 1. The summed E-state index contributed by atoms with van der Waals surface area (Å²) in [6.07, 6.45) is 2.66. The fraction of sp³-hybridized carbons (Fsp3) is 0.286. The fourth-order valence-corrected chi connectivity index (χ4v) is 3.30. The van der Waals surface area contributed by atoms with Crippen LogP contribution in [0.2, 0.25) is 0 Å². The van der Waals surface area contributed by atoms with Gasteiger partial charge in [-0.25, -0.2) is 4.98 Å². The van der Waals surface area contributed by atoms with Gasteiger partial charge in [-0.1, -0.05) is 28.1 Å². The van der Waals surface area contributed by atoms with Crippen molar-refractivity contribution in [1.29, 1.82) is 0 Å². The Labute approximate surface area is 152 Å². The van der Waals surface area contributed by atoms with E-state index < -0.39 is 6.04 Å². The Morgan fingerprint density at radius 1 is 1.55 bits per heavy atom. The molecule has 1 atom stereocenters. The topological polar surface area (TPSA) is 68.0 Å². The van der Waals surface area contributed by atoms with E-state index in [-0.39, 0.29) is 18.3 Å². The van der Waals surface area contributed by atoms with Crippen molar-refractivity contribution in [3.63, 3.8) is 0 Å². The van der Waals surface area contributed by atoms with Crippen molar-refractivity contribution >= 4 is 62.5 Å². The van der Waals surface area contributed by atoms with Gasteiger partial charge >= 0.3 is 0 Å². The lowest BCUT2D eigenvalue weighted by molar-refractivity contribution is -0.117.